The summed E-state index contributed by atoms with van der Waals surface area (Å²) in [4.78, 5) is 27.8. The molecule has 8 heteroatoms. The van der Waals surface area contributed by atoms with E-state index in [1.807, 2.05) is 31.2 Å². The van der Waals surface area contributed by atoms with E-state index in [0.717, 1.165) is 11.3 Å². The number of guanidine groups is 1. The maximum atomic E-state index is 11.9. The van der Waals surface area contributed by atoms with Gasteiger partial charge in [0, 0.05) is 31.1 Å². The molecule has 1 atom stereocenters. The Hall–Kier alpha value is -1.84. The Morgan fingerprint density at radius 2 is 2.04 bits per heavy atom. The lowest BCUT2D eigenvalue weighted by molar-refractivity contribution is -0.125. The van der Waals surface area contributed by atoms with Gasteiger partial charge in [-0.05, 0) is 32.4 Å². The Morgan fingerprint density at radius 1 is 1.35 bits per heavy atom. The molecule has 5 N–H and O–H groups in total. The number of amides is 2. The van der Waals surface area contributed by atoms with E-state index in [2.05, 4.69) is 20.9 Å². The second-order valence-electron chi connectivity index (χ2n) is 6.86. The van der Waals surface area contributed by atoms with Crippen LogP contribution in [0, 0.1) is 5.41 Å². The van der Waals surface area contributed by atoms with Crippen LogP contribution in [0.3, 0.4) is 0 Å². The number of nitrogens with two attached hydrogens (primary N) is 1. The highest BCUT2D eigenvalue weighted by Crippen LogP contribution is 2.31. The minimum absolute atomic E-state index is 0. The number of hydrogen-bond donors (Lipinski definition) is 4. The summed E-state index contributed by atoms with van der Waals surface area (Å²) in [5.41, 5.74) is 6.66. The van der Waals surface area contributed by atoms with Gasteiger partial charge in [-0.3, -0.25) is 14.6 Å². The zero-order chi connectivity index (χ0) is 18.4. The van der Waals surface area contributed by atoms with Crippen LogP contribution >= 0.6 is 24.0 Å². The lowest BCUT2D eigenvalue weighted by Gasteiger charge is -2.26. The van der Waals surface area contributed by atoms with Crippen LogP contribution < -0.4 is 21.7 Å². The number of hydrogen-bond acceptors (Lipinski definition) is 3. The van der Waals surface area contributed by atoms with Crippen molar-refractivity contribution in [2.75, 3.05) is 25.0 Å². The average Bonchev–Trinajstić information content (AvgIpc) is 2.56. The van der Waals surface area contributed by atoms with Crippen molar-refractivity contribution >= 4 is 47.4 Å². The molecule has 1 unspecified atom stereocenters. The van der Waals surface area contributed by atoms with Gasteiger partial charge in [-0.15, -0.1) is 24.0 Å². The van der Waals surface area contributed by atoms with Crippen LogP contribution in [0.4, 0.5) is 5.69 Å². The first-order valence-corrected chi connectivity index (χ1v) is 8.54. The summed E-state index contributed by atoms with van der Waals surface area (Å²) in [6, 6.07) is 7.82. The minimum atomic E-state index is -0.709. The lowest BCUT2D eigenvalue weighted by Crippen LogP contribution is -2.42. The third-order valence-corrected chi connectivity index (χ3v) is 4.27. The molecule has 0 aromatic heterocycles. The van der Waals surface area contributed by atoms with E-state index < -0.39 is 5.41 Å². The Balaban J connectivity index is 0.00000338. The average molecular weight is 473 g/mol. The van der Waals surface area contributed by atoms with Gasteiger partial charge in [-0.25, -0.2) is 0 Å². The standard InChI is InChI=1S/C18H27N5O2.HI/c1-4-20-17(22-11-18(2,3)16(19)25)21-10-12-9-15(24)23-14-8-6-5-7-13(12)14;/h5-8,12H,4,9-11H2,1-3H3,(H2,19,25)(H,23,24)(H2,20,21,22);1H. The monoisotopic (exact) mass is 473 g/mol. The van der Waals surface area contributed by atoms with Crippen molar-refractivity contribution < 1.29 is 9.59 Å². The molecule has 0 saturated heterocycles. The molecule has 1 heterocycles. The predicted octanol–water partition coefficient (Wildman–Crippen LogP) is 1.80. The summed E-state index contributed by atoms with van der Waals surface area (Å²) in [5.74, 6) is 0.311. The van der Waals surface area contributed by atoms with Gasteiger partial charge in [0.25, 0.3) is 0 Å². The SMILES string of the molecule is CCNC(=NCC(C)(C)C(N)=O)NCC1CC(=O)Nc2ccccc21.I. The Labute approximate surface area is 171 Å². The smallest absolute Gasteiger partial charge is 0.225 e. The van der Waals surface area contributed by atoms with Gasteiger partial charge in [-0.2, -0.15) is 0 Å². The maximum absolute atomic E-state index is 11.9. The van der Waals surface area contributed by atoms with E-state index in [9.17, 15) is 9.59 Å². The number of anilines is 1. The molecule has 7 nitrogen and oxygen atoms in total. The molecule has 0 saturated carbocycles. The summed E-state index contributed by atoms with van der Waals surface area (Å²) in [6.45, 7) is 7.07. The number of nitrogens with one attached hydrogen (secondary N) is 3. The fourth-order valence-electron chi connectivity index (χ4n) is 2.60. The molecule has 0 radical (unpaired) electrons. The van der Waals surface area contributed by atoms with E-state index in [-0.39, 0.29) is 41.7 Å². The molecule has 26 heavy (non-hydrogen) atoms. The summed E-state index contributed by atoms with van der Waals surface area (Å²) in [7, 11) is 0. The second-order valence-corrected chi connectivity index (χ2v) is 6.86. The lowest BCUT2D eigenvalue weighted by atomic mass is 9.90. The van der Waals surface area contributed by atoms with Crippen molar-refractivity contribution in [2.24, 2.45) is 16.1 Å². The minimum Gasteiger partial charge on any atom is -0.369 e. The number of fused-ring (bicyclic) bond motifs is 1. The molecular formula is C18H28IN5O2. The Bertz CT molecular complexity index is 675. The van der Waals surface area contributed by atoms with Gasteiger partial charge in [0.2, 0.25) is 11.8 Å². The summed E-state index contributed by atoms with van der Waals surface area (Å²) in [5, 5.41) is 9.32. The zero-order valence-electron chi connectivity index (χ0n) is 15.5. The topological polar surface area (TPSA) is 109 Å². The van der Waals surface area contributed by atoms with Gasteiger partial charge in [0.15, 0.2) is 5.96 Å². The van der Waals surface area contributed by atoms with Crippen molar-refractivity contribution in [3.63, 3.8) is 0 Å². The van der Waals surface area contributed by atoms with Crippen LogP contribution in [-0.4, -0.2) is 37.4 Å². The number of rotatable bonds is 6. The highest BCUT2D eigenvalue weighted by Gasteiger charge is 2.26. The van der Waals surface area contributed by atoms with Gasteiger partial charge < -0.3 is 21.7 Å². The van der Waals surface area contributed by atoms with Crippen molar-refractivity contribution in [3.8, 4) is 0 Å². The van der Waals surface area contributed by atoms with Crippen molar-refractivity contribution in [1.82, 2.24) is 10.6 Å². The normalized spacial score (nSPS) is 16.8. The first kappa shape index (κ1) is 22.2. The van der Waals surface area contributed by atoms with Crippen LogP contribution in [0.1, 0.15) is 38.7 Å². The van der Waals surface area contributed by atoms with Gasteiger partial charge in [-0.1, -0.05) is 18.2 Å². The number of para-hydroxylation sites is 1. The fourth-order valence-corrected chi connectivity index (χ4v) is 2.60. The fraction of sp³-hybridized carbons (Fsp3) is 0.500. The van der Waals surface area contributed by atoms with Gasteiger partial charge in [0.05, 0.1) is 12.0 Å². The van der Waals surface area contributed by atoms with E-state index in [1.54, 1.807) is 13.8 Å². The quantitative estimate of drug-likeness (QED) is 0.287. The molecule has 2 amide bonds. The highest BCUT2D eigenvalue weighted by molar-refractivity contribution is 14.0. The number of nitrogens with zero attached hydrogens (tertiary/aromatic N) is 1. The van der Waals surface area contributed by atoms with Crippen molar-refractivity contribution in [1.29, 1.82) is 0 Å². The van der Waals surface area contributed by atoms with Crippen LogP contribution in [0.15, 0.2) is 29.3 Å². The third-order valence-electron chi connectivity index (χ3n) is 4.27. The molecule has 0 fully saturated rings. The molecule has 1 aliphatic heterocycles. The molecule has 144 valence electrons. The van der Waals surface area contributed by atoms with E-state index in [1.165, 1.54) is 0 Å². The summed E-state index contributed by atoms with van der Waals surface area (Å²) < 4.78 is 0. The number of primary amides is 1. The Morgan fingerprint density at radius 3 is 2.69 bits per heavy atom. The van der Waals surface area contributed by atoms with Crippen LogP contribution in [0.2, 0.25) is 0 Å². The number of aliphatic imine (C=N–C) groups is 1. The van der Waals surface area contributed by atoms with Crippen LogP contribution in [0.5, 0.6) is 0 Å². The molecule has 1 aromatic carbocycles. The molecule has 1 aromatic rings. The van der Waals surface area contributed by atoms with Crippen LogP contribution in [0.25, 0.3) is 0 Å². The molecule has 0 bridgehead atoms. The molecule has 2 rings (SSSR count). The molecule has 1 aliphatic rings. The van der Waals surface area contributed by atoms with E-state index >= 15 is 0 Å². The van der Waals surface area contributed by atoms with Gasteiger partial charge in [0.1, 0.15) is 0 Å². The van der Waals surface area contributed by atoms with Crippen molar-refractivity contribution in [2.45, 2.75) is 33.1 Å². The first-order valence-electron chi connectivity index (χ1n) is 8.54. The molecule has 0 spiro atoms. The number of carbonyl (C=O) groups is 2. The van der Waals surface area contributed by atoms with Crippen LogP contribution in [-0.2, 0) is 9.59 Å². The zero-order valence-corrected chi connectivity index (χ0v) is 17.8. The second kappa shape index (κ2) is 9.75. The molecular weight excluding hydrogens is 445 g/mol. The number of halogens is 1. The number of carbonyl (C=O) groups excluding carboxylic acids is 2. The molecule has 0 aliphatic carbocycles. The van der Waals surface area contributed by atoms with Gasteiger partial charge >= 0.3 is 0 Å². The van der Waals surface area contributed by atoms with E-state index in [4.69, 9.17) is 5.73 Å². The highest BCUT2D eigenvalue weighted by atomic mass is 127. The summed E-state index contributed by atoms with van der Waals surface area (Å²) in [6.07, 6.45) is 0.427. The Kier molecular flexibility index (Phi) is 8.32. The van der Waals surface area contributed by atoms with E-state index in [0.29, 0.717) is 32.0 Å². The first-order chi connectivity index (χ1) is 11.8. The predicted molar refractivity (Wildman–Crippen MR) is 115 cm³/mol. The third kappa shape index (κ3) is 5.86. The largest absolute Gasteiger partial charge is 0.369 e. The summed E-state index contributed by atoms with van der Waals surface area (Å²) >= 11 is 0. The van der Waals surface area contributed by atoms with Crippen molar-refractivity contribution in [3.05, 3.63) is 29.8 Å². The number of benzene rings is 1. The maximum Gasteiger partial charge on any atom is 0.225 e.